The molecular formula is C21H24FNO2. The van der Waals surface area contributed by atoms with E-state index >= 15 is 0 Å². The number of hydrogen-bond donors (Lipinski definition) is 1. The fraction of sp³-hybridized carbons (Fsp3) is 0.429. The third-order valence-corrected chi connectivity index (χ3v) is 5.81. The SMILES string of the molecule is COc1ccc(C2(O)CC3CCC(C2)N3Cc2ccccc2)cc1F. The van der Waals surface area contributed by atoms with Crippen LogP contribution in [0.15, 0.2) is 48.5 Å². The first-order chi connectivity index (χ1) is 12.1. The van der Waals surface area contributed by atoms with Gasteiger partial charge in [0.05, 0.1) is 12.7 Å². The third-order valence-electron chi connectivity index (χ3n) is 5.81. The summed E-state index contributed by atoms with van der Waals surface area (Å²) in [6.45, 7) is 0.920. The summed E-state index contributed by atoms with van der Waals surface area (Å²) in [5, 5.41) is 11.3. The molecule has 0 aliphatic carbocycles. The van der Waals surface area contributed by atoms with Gasteiger partial charge in [-0.05, 0) is 48.9 Å². The molecule has 2 aromatic carbocycles. The van der Waals surface area contributed by atoms with Gasteiger partial charge in [0.1, 0.15) is 0 Å². The number of nitrogens with zero attached hydrogens (tertiary/aromatic N) is 1. The van der Waals surface area contributed by atoms with Gasteiger partial charge >= 0.3 is 0 Å². The van der Waals surface area contributed by atoms with Crippen LogP contribution in [0.3, 0.4) is 0 Å². The zero-order valence-corrected chi connectivity index (χ0v) is 14.5. The normalized spacial score (nSPS) is 28.9. The first-order valence-electron chi connectivity index (χ1n) is 8.95. The summed E-state index contributed by atoms with van der Waals surface area (Å²) < 4.78 is 19.1. The molecule has 0 spiro atoms. The molecule has 0 radical (unpaired) electrons. The molecule has 0 aromatic heterocycles. The third kappa shape index (κ3) is 3.05. The summed E-state index contributed by atoms with van der Waals surface area (Å²) in [4.78, 5) is 2.52. The first kappa shape index (κ1) is 16.6. The van der Waals surface area contributed by atoms with Gasteiger partial charge in [-0.2, -0.15) is 0 Å². The van der Waals surface area contributed by atoms with Crippen LogP contribution in [-0.4, -0.2) is 29.2 Å². The summed E-state index contributed by atoms with van der Waals surface area (Å²) in [6.07, 6.45) is 3.50. The topological polar surface area (TPSA) is 32.7 Å². The highest BCUT2D eigenvalue weighted by molar-refractivity contribution is 5.33. The summed E-state index contributed by atoms with van der Waals surface area (Å²) in [6, 6.07) is 16.0. The van der Waals surface area contributed by atoms with E-state index in [1.807, 2.05) is 6.07 Å². The monoisotopic (exact) mass is 341 g/mol. The number of hydrogen-bond acceptors (Lipinski definition) is 3. The Morgan fingerprint density at radius 2 is 1.80 bits per heavy atom. The highest BCUT2D eigenvalue weighted by Gasteiger charge is 2.48. The van der Waals surface area contributed by atoms with E-state index in [-0.39, 0.29) is 5.75 Å². The van der Waals surface area contributed by atoms with E-state index in [1.54, 1.807) is 12.1 Å². The highest BCUT2D eigenvalue weighted by atomic mass is 19.1. The molecule has 0 amide bonds. The fourth-order valence-electron chi connectivity index (χ4n) is 4.56. The van der Waals surface area contributed by atoms with Crippen molar-refractivity contribution in [2.45, 2.75) is 49.9 Å². The molecule has 1 N–H and O–H groups in total. The van der Waals surface area contributed by atoms with Crippen LogP contribution < -0.4 is 4.74 Å². The fourth-order valence-corrected chi connectivity index (χ4v) is 4.56. The van der Waals surface area contributed by atoms with Crippen molar-refractivity contribution in [3.05, 3.63) is 65.5 Å². The molecule has 3 nitrogen and oxygen atoms in total. The highest BCUT2D eigenvalue weighted by Crippen LogP contribution is 2.46. The molecule has 2 saturated heterocycles. The number of benzene rings is 2. The second kappa shape index (κ2) is 6.43. The van der Waals surface area contributed by atoms with E-state index in [0.29, 0.717) is 30.5 Å². The minimum Gasteiger partial charge on any atom is -0.494 e. The average Bonchev–Trinajstić information content (AvgIpc) is 2.86. The Morgan fingerprint density at radius 3 is 2.40 bits per heavy atom. The van der Waals surface area contributed by atoms with Crippen LogP contribution in [0, 0.1) is 5.82 Å². The van der Waals surface area contributed by atoms with Crippen molar-refractivity contribution in [2.75, 3.05) is 7.11 Å². The smallest absolute Gasteiger partial charge is 0.165 e. The Morgan fingerprint density at radius 1 is 1.12 bits per heavy atom. The Labute approximate surface area is 148 Å². The Hall–Kier alpha value is -1.91. The average molecular weight is 341 g/mol. The zero-order chi connectivity index (χ0) is 17.4. The maximum atomic E-state index is 14.1. The molecule has 0 saturated carbocycles. The number of fused-ring (bicyclic) bond motifs is 2. The molecule has 25 heavy (non-hydrogen) atoms. The van der Waals surface area contributed by atoms with Crippen LogP contribution in [0.25, 0.3) is 0 Å². The van der Waals surface area contributed by atoms with Gasteiger partial charge in [-0.1, -0.05) is 36.4 Å². The minimum absolute atomic E-state index is 0.219. The van der Waals surface area contributed by atoms with Gasteiger partial charge in [0.2, 0.25) is 0 Å². The van der Waals surface area contributed by atoms with Gasteiger partial charge in [-0.15, -0.1) is 0 Å². The number of halogens is 1. The Kier molecular flexibility index (Phi) is 4.26. The second-order valence-electron chi connectivity index (χ2n) is 7.33. The van der Waals surface area contributed by atoms with E-state index in [2.05, 4.69) is 29.2 Å². The van der Waals surface area contributed by atoms with Crippen molar-refractivity contribution in [1.82, 2.24) is 4.90 Å². The predicted octanol–water partition coefficient (Wildman–Crippen LogP) is 3.85. The zero-order valence-electron chi connectivity index (χ0n) is 14.5. The van der Waals surface area contributed by atoms with E-state index in [9.17, 15) is 9.50 Å². The molecule has 4 rings (SSSR count). The van der Waals surface area contributed by atoms with E-state index in [4.69, 9.17) is 4.74 Å². The van der Waals surface area contributed by atoms with Gasteiger partial charge < -0.3 is 9.84 Å². The Balaban J connectivity index is 1.55. The molecule has 2 aromatic rings. The molecule has 2 aliphatic rings. The van der Waals surface area contributed by atoms with Crippen molar-refractivity contribution in [3.8, 4) is 5.75 Å². The molecule has 2 heterocycles. The summed E-state index contributed by atoms with van der Waals surface area (Å²) in [5.41, 5.74) is 1.02. The summed E-state index contributed by atoms with van der Waals surface area (Å²) >= 11 is 0. The van der Waals surface area contributed by atoms with Gasteiger partial charge in [-0.25, -0.2) is 4.39 Å². The van der Waals surface area contributed by atoms with Crippen LogP contribution in [0.2, 0.25) is 0 Å². The van der Waals surface area contributed by atoms with Gasteiger partial charge in [0, 0.05) is 18.6 Å². The van der Waals surface area contributed by atoms with E-state index in [1.165, 1.54) is 18.7 Å². The van der Waals surface area contributed by atoms with Crippen molar-refractivity contribution in [1.29, 1.82) is 0 Å². The molecule has 2 bridgehead atoms. The lowest BCUT2D eigenvalue weighted by Gasteiger charge is -2.44. The van der Waals surface area contributed by atoms with Crippen LogP contribution in [0.1, 0.15) is 36.8 Å². The second-order valence-corrected chi connectivity index (χ2v) is 7.33. The molecule has 2 aliphatic heterocycles. The van der Waals surface area contributed by atoms with Gasteiger partial charge in [-0.3, -0.25) is 4.90 Å². The van der Waals surface area contributed by atoms with Crippen LogP contribution in [0.5, 0.6) is 5.75 Å². The lowest BCUT2D eigenvalue weighted by Crippen LogP contribution is -2.49. The number of rotatable bonds is 4. The van der Waals surface area contributed by atoms with E-state index < -0.39 is 11.4 Å². The van der Waals surface area contributed by atoms with Crippen molar-refractivity contribution >= 4 is 0 Å². The minimum atomic E-state index is -0.952. The van der Waals surface area contributed by atoms with Gasteiger partial charge in [0.15, 0.2) is 11.6 Å². The number of piperidine rings is 1. The number of ether oxygens (including phenoxy) is 1. The molecule has 2 unspecified atom stereocenters. The molecule has 4 heteroatoms. The predicted molar refractivity (Wildman–Crippen MR) is 94.9 cm³/mol. The lowest BCUT2D eigenvalue weighted by molar-refractivity contribution is -0.0597. The number of methoxy groups -OCH3 is 1. The quantitative estimate of drug-likeness (QED) is 0.917. The summed E-state index contributed by atoms with van der Waals surface area (Å²) in [7, 11) is 1.45. The Bertz CT molecular complexity index is 735. The van der Waals surface area contributed by atoms with Gasteiger partial charge in [0.25, 0.3) is 0 Å². The van der Waals surface area contributed by atoms with Crippen molar-refractivity contribution in [2.24, 2.45) is 0 Å². The lowest BCUT2D eigenvalue weighted by atomic mass is 9.80. The molecule has 2 fully saturated rings. The van der Waals surface area contributed by atoms with Crippen LogP contribution in [0.4, 0.5) is 4.39 Å². The maximum absolute atomic E-state index is 14.1. The molecule has 132 valence electrons. The van der Waals surface area contributed by atoms with Crippen molar-refractivity contribution < 1.29 is 14.2 Å². The van der Waals surface area contributed by atoms with Crippen LogP contribution in [-0.2, 0) is 12.1 Å². The standard InChI is InChI=1S/C21H24FNO2/c1-25-20-10-7-16(11-19(20)22)21(24)12-17-8-9-18(13-21)23(17)14-15-5-3-2-4-6-15/h2-7,10-11,17-18,24H,8-9,12-14H2,1H3. The van der Waals surface area contributed by atoms with Crippen LogP contribution >= 0.6 is 0 Å². The van der Waals surface area contributed by atoms with Crippen molar-refractivity contribution in [3.63, 3.8) is 0 Å². The first-order valence-corrected chi connectivity index (χ1v) is 8.95. The molecular weight excluding hydrogens is 317 g/mol. The number of aliphatic hydroxyl groups is 1. The summed E-state index contributed by atoms with van der Waals surface area (Å²) in [5.74, 6) is -0.190. The van der Waals surface area contributed by atoms with E-state index in [0.717, 1.165) is 19.4 Å². The maximum Gasteiger partial charge on any atom is 0.165 e. The largest absolute Gasteiger partial charge is 0.494 e. The molecule has 2 atom stereocenters.